The number of aryl methyl sites for hydroxylation is 1. The van der Waals surface area contributed by atoms with Crippen LogP contribution in [-0.4, -0.2) is 43.8 Å². The zero-order valence-corrected chi connectivity index (χ0v) is 18.6. The van der Waals surface area contributed by atoms with Gasteiger partial charge in [-0.05, 0) is 68.0 Å². The van der Waals surface area contributed by atoms with E-state index in [2.05, 4.69) is 33.6 Å². The zero-order chi connectivity index (χ0) is 20.2. The fourth-order valence-electron chi connectivity index (χ4n) is 3.78. The molecule has 0 spiro atoms. The lowest BCUT2D eigenvalue weighted by molar-refractivity contribution is 0.0289. The second kappa shape index (κ2) is 6.75. The Kier molecular flexibility index (Phi) is 4.64. The van der Waals surface area contributed by atoms with Gasteiger partial charge in [0.25, 0.3) is 0 Å². The molecule has 1 aliphatic heterocycles. The first-order valence-electron chi connectivity index (χ1n) is 9.29. The quantitative estimate of drug-likeness (QED) is 0.485. The standard InChI is InChI=1S/C20H23IN4O3/c1-20(2,3)28-19(27)24-8-7-13(11-24)25-17-14-9-12(21)5-6-15(14)22-10-16(17)23(4)18(25)26/h5-6,9-10,13H,7-8,11H2,1-4H3/t13-/m1/s1. The van der Waals surface area contributed by atoms with E-state index in [4.69, 9.17) is 4.74 Å². The summed E-state index contributed by atoms with van der Waals surface area (Å²) in [5, 5.41) is 0.956. The maximum Gasteiger partial charge on any atom is 0.410 e. The number of imidazole rings is 1. The Morgan fingerprint density at radius 1 is 1.32 bits per heavy atom. The van der Waals surface area contributed by atoms with Crippen LogP contribution in [0, 0.1) is 3.57 Å². The highest BCUT2D eigenvalue weighted by molar-refractivity contribution is 14.1. The summed E-state index contributed by atoms with van der Waals surface area (Å²) in [5.74, 6) is 0. The molecule has 0 unspecified atom stereocenters. The second-order valence-corrected chi connectivity index (χ2v) is 9.48. The van der Waals surface area contributed by atoms with Crippen molar-refractivity contribution < 1.29 is 9.53 Å². The highest BCUT2D eigenvalue weighted by Gasteiger charge is 2.33. The minimum Gasteiger partial charge on any atom is -0.444 e. The van der Waals surface area contributed by atoms with Gasteiger partial charge in [0.15, 0.2) is 0 Å². The Balaban J connectivity index is 1.79. The molecule has 148 valence electrons. The van der Waals surface area contributed by atoms with Crippen molar-refractivity contribution in [2.45, 2.75) is 38.8 Å². The van der Waals surface area contributed by atoms with Crippen LogP contribution in [0.15, 0.2) is 29.2 Å². The molecule has 0 radical (unpaired) electrons. The maximum atomic E-state index is 13.1. The lowest BCUT2D eigenvalue weighted by Gasteiger charge is -2.24. The third-order valence-electron chi connectivity index (χ3n) is 5.06. The zero-order valence-electron chi connectivity index (χ0n) is 16.4. The largest absolute Gasteiger partial charge is 0.444 e. The van der Waals surface area contributed by atoms with Crippen molar-refractivity contribution in [1.82, 2.24) is 19.0 Å². The Morgan fingerprint density at radius 2 is 2.07 bits per heavy atom. The Hall–Kier alpha value is -2.10. The molecule has 28 heavy (non-hydrogen) atoms. The third kappa shape index (κ3) is 3.27. The van der Waals surface area contributed by atoms with E-state index in [0.29, 0.717) is 19.5 Å². The van der Waals surface area contributed by atoms with E-state index in [9.17, 15) is 9.59 Å². The number of halogens is 1. The molecule has 3 aromatic rings. The Bertz CT molecular complexity index is 1140. The van der Waals surface area contributed by atoms with E-state index in [1.165, 1.54) is 0 Å². The number of carbonyl (C=O) groups excluding carboxylic acids is 1. The summed E-state index contributed by atoms with van der Waals surface area (Å²) < 4.78 is 10.1. The van der Waals surface area contributed by atoms with Gasteiger partial charge in [-0.25, -0.2) is 9.59 Å². The summed E-state index contributed by atoms with van der Waals surface area (Å²) >= 11 is 2.27. The van der Waals surface area contributed by atoms with Gasteiger partial charge < -0.3 is 9.64 Å². The normalized spacial score (nSPS) is 17.6. The molecule has 1 aromatic carbocycles. The number of nitrogens with zero attached hydrogens (tertiary/aromatic N) is 4. The first-order chi connectivity index (χ1) is 13.2. The molecule has 1 aliphatic rings. The van der Waals surface area contributed by atoms with Gasteiger partial charge in [-0.2, -0.15) is 0 Å². The molecule has 0 aliphatic carbocycles. The predicted octanol–water partition coefficient (Wildman–Crippen LogP) is 3.67. The summed E-state index contributed by atoms with van der Waals surface area (Å²) in [6.45, 7) is 6.60. The lowest BCUT2D eigenvalue weighted by Crippen LogP contribution is -2.36. The Morgan fingerprint density at radius 3 is 2.79 bits per heavy atom. The van der Waals surface area contributed by atoms with Crippen LogP contribution < -0.4 is 5.69 Å². The minimum absolute atomic E-state index is 0.0841. The van der Waals surface area contributed by atoms with Crippen molar-refractivity contribution in [2.75, 3.05) is 13.1 Å². The van der Waals surface area contributed by atoms with E-state index < -0.39 is 5.60 Å². The van der Waals surface area contributed by atoms with Crippen LogP contribution in [0.3, 0.4) is 0 Å². The van der Waals surface area contributed by atoms with Crippen LogP contribution in [0.5, 0.6) is 0 Å². The van der Waals surface area contributed by atoms with Crippen molar-refractivity contribution in [3.63, 3.8) is 0 Å². The molecular weight excluding hydrogens is 471 g/mol. The van der Waals surface area contributed by atoms with Crippen LogP contribution in [0.1, 0.15) is 33.2 Å². The first-order valence-corrected chi connectivity index (χ1v) is 10.4. The number of benzene rings is 1. The van der Waals surface area contributed by atoms with Crippen molar-refractivity contribution in [3.05, 3.63) is 38.5 Å². The maximum absolute atomic E-state index is 13.1. The molecule has 0 saturated carbocycles. The summed E-state index contributed by atoms with van der Waals surface area (Å²) in [7, 11) is 1.77. The monoisotopic (exact) mass is 494 g/mol. The number of amides is 1. The van der Waals surface area contributed by atoms with E-state index >= 15 is 0 Å². The number of ether oxygens (including phenoxy) is 1. The number of hydrogen-bond acceptors (Lipinski definition) is 4. The SMILES string of the molecule is Cn1c(=O)n([C@@H]2CCN(C(=O)OC(C)(C)C)C2)c2c3cc(I)ccc3ncc21. The molecule has 1 saturated heterocycles. The fraction of sp³-hybridized carbons (Fsp3) is 0.450. The highest BCUT2D eigenvalue weighted by Crippen LogP contribution is 2.30. The molecular formula is C20H23IN4O3. The molecule has 1 amide bonds. The molecule has 7 nitrogen and oxygen atoms in total. The molecule has 2 aromatic heterocycles. The molecule has 0 N–H and O–H groups in total. The van der Waals surface area contributed by atoms with Gasteiger partial charge in [-0.3, -0.25) is 14.1 Å². The summed E-state index contributed by atoms with van der Waals surface area (Å²) in [6, 6.07) is 5.95. The number of fused-ring (bicyclic) bond motifs is 3. The number of hydrogen-bond donors (Lipinski definition) is 0. The topological polar surface area (TPSA) is 69.4 Å². The summed E-state index contributed by atoms with van der Waals surface area (Å²) in [6.07, 6.45) is 2.14. The number of rotatable bonds is 1. The van der Waals surface area contributed by atoms with E-state index in [0.717, 1.165) is 25.5 Å². The van der Waals surface area contributed by atoms with Crippen molar-refractivity contribution in [2.24, 2.45) is 7.05 Å². The second-order valence-electron chi connectivity index (χ2n) is 8.23. The van der Waals surface area contributed by atoms with Crippen LogP contribution in [0.2, 0.25) is 0 Å². The average Bonchev–Trinajstić information content (AvgIpc) is 3.18. The van der Waals surface area contributed by atoms with Crippen LogP contribution >= 0.6 is 22.6 Å². The number of carbonyl (C=O) groups is 1. The van der Waals surface area contributed by atoms with Gasteiger partial charge in [0, 0.05) is 29.1 Å². The van der Waals surface area contributed by atoms with Gasteiger partial charge in [-0.1, -0.05) is 0 Å². The highest BCUT2D eigenvalue weighted by atomic mass is 127. The minimum atomic E-state index is -0.538. The molecule has 1 fully saturated rings. The molecule has 1 atom stereocenters. The number of aromatic nitrogens is 3. The molecule has 8 heteroatoms. The predicted molar refractivity (Wildman–Crippen MR) is 117 cm³/mol. The average molecular weight is 494 g/mol. The van der Waals surface area contributed by atoms with E-state index in [1.807, 2.05) is 37.5 Å². The molecule has 0 bridgehead atoms. The summed E-state index contributed by atoms with van der Waals surface area (Å²) in [5.41, 5.74) is 1.92. The smallest absolute Gasteiger partial charge is 0.410 e. The van der Waals surface area contributed by atoms with Crippen molar-refractivity contribution in [1.29, 1.82) is 0 Å². The van der Waals surface area contributed by atoms with Crippen molar-refractivity contribution >= 4 is 50.6 Å². The van der Waals surface area contributed by atoms with E-state index in [1.54, 1.807) is 22.7 Å². The van der Waals surface area contributed by atoms with Gasteiger partial charge in [0.05, 0.1) is 28.8 Å². The van der Waals surface area contributed by atoms with E-state index in [-0.39, 0.29) is 17.8 Å². The summed E-state index contributed by atoms with van der Waals surface area (Å²) in [4.78, 5) is 31.7. The van der Waals surface area contributed by atoms with Crippen molar-refractivity contribution in [3.8, 4) is 0 Å². The molecule has 3 heterocycles. The third-order valence-corrected chi connectivity index (χ3v) is 5.73. The fourth-order valence-corrected chi connectivity index (χ4v) is 4.27. The number of likely N-dealkylation sites (tertiary alicyclic amines) is 1. The van der Waals surface area contributed by atoms with Gasteiger partial charge in [0.2, 0.25) is 0 Å². The Labute approximate surface area is 176 Å². The van der Waals surface area contributed by atoms with Gasteiger partial charge >= 0.3 is 11.8 Å². The van der Waals surface area contributed by atoms with Gasteiger partial charge in [0.1, 0.15) is 5.60 Å². The van der Waals surface area contributed by atoms with Crippen LogP contribution in [0.4, 0.5) is 4.79 Å². The van der Waals surface area contributed by atoms with Crippen LogP contribution in [0.25, 0.3) is 21.9 Å². The first kappa shape index (κ1) is 19.2. The molecule has 4 rings (SSSR count). The number of pyridine rings is 1. The lowest BCUT2D eigenvalue weighted by atomic mass is 10.1. The van der Waals surface area contributed by atoms with Crippen LogP contribution in [-0.2, 0) is 11.8 Å². The van der Waals surface area contributed by atoms with Gasteiger partial charge in [-0.15, -0.1) is 0 Å².